The fourth-order valence-electron chi connectivity index (χ4n) is 5.04. The highest BCUT2D eigenvalue weighted by molar-refractivity contribution is 5.06. The molecule has 0 aromatic heterocycles. The van der Waals surface area contributed by atoms with Crippen LogP contribution in [0.2, 0.25) is 0 Å². The van der Waals surface area contributed by atoms with Crippen molar-refractivity contribution in [2.45, 2.75) is 65.1 Å². The average Bonchev–Trinajstić information content (AvgIpc) is 2.71. The molecule has 0 unspecified atom stereocenters. The second kappa shape index (κ2) is 3.71. The molecule has 1 heterocycles. The van der Waals surface area contributed by atoms with E-state index in [-0.39, 0.29) is 11.2 Å². The molecule has 1 spiro atoms. The van der Waals surface area contributed by atoms with Crippen LogP contribution in [0.5, 0.6) is 0 Å². The van der Waals surface area contributed by atoms with Gasteiger partial charge in [-0.25, -0.2) is 0 Å². The Morgan fingerprint density at radius 3 is 2.29 bits per heavy atom. The van der Waals surface area contributed by atoms with Crippen LogP contribution in [-0.4, -0.2) is 19.0 Å². The Kier molecular flexibility index (Phi) is 2.61. The van der Waals surface area contributed by atoms with Gasteiger partial charge in [0.2, 0.25) is 0 Å². The zero-order valence-electron chi connectivity index (χ0n) is 11.6. The molecule has 3 aliphatic rings. The molecule has 3 fully saturated rings. The summed E-state index contributed by atoms with van der Waals surface area (Å²) in [6.07, 6.45) is 7.70. The Hall–Kier alpha value is -0.0800. The molecule has 2 heteroatoms. The topological polar surface area (TPSA) is 18.5 Å². The molecule has 1 saturated heterocycles. The number of fused-ring (bicyclic) bond motifs is 2. The molecule has 98 valence electrons. The molecule has 2 atom stereocenters. The summed E-state index contributed by atoms with van der Waals surface area (Å²) in [5, 5.41) is 0. The van der Waals surface area contributed by atoms with Gasteiger partial charge >= 0.3 is 0 Å². The zero-order chi connectivity index (χ0) is 12.1. The fraction of sp³-hybridized carbons (Fsp3) is 1.00. The van der Waals surface area contributed by atoms with Crippen LogP contribution in [0.15, 0.2) is 0 Å². The first-order valence-corrected chi connectivity index (χ1v) is 7.28. The van der Waals surface area contributed by atoms with Crippen molar-refractivity contribution >= 4 is 0 Å². The molecular formula is C15H26O2. The van der Waals surface area contributed by atoms with Crippen LogP contribution >= 0.6 is 0 Å². The van der Waals surface area contributed by atoms with Crippen molar-refractivity contribution in [3.05, 3.63) is 0 Å². The third-order valence-corrected chi connectivity index (χ3v) is 5.85. The molecule has 2 nitrogen and oxygen atoms in total. The summed E-state index contributed by atoms with van der Waals surface area (Å²) >= 11 is 0. The Morgan fingerprint density at radius 2 is 1.59 bits per heavy atom. The Morgan fingerprint density at radius 1 is 0.882 bits per heavy atom. The van der Waals surface area contributed by atoms with Gasteiger partial charge in [0.1, 0.15) is 0 Å². The van der Waals surface area contributed by atoms with E-state index in [4.69, 9.17) is 9.47 Å². The van der Waals surface area contributed by atoms with Crippen molar-refractivity contribution in [1.29, 1.82) is 0 Å². The molecule has 1 aliphatic heterocycles. The summed E-state index contributed by atoms with van der Waals surface area (Å²) < 4.78 is 12.2. The van der Waals surface area contributed by atoms with Crippen LogP contribution in [-0.2, 0) is 9.47 Å². The maximum atomic E-state index is 6.12. The molecule has 0 radical (unpaired) electrons. The van der Waals surface area contributed by atoms with E-state index in [9.17, 15) is 0 Å². The molecule has 0 amide bonds. The molecule has 2 aliphatic carbocycles. The van der Waals surface area contributed by atoms with Crippen molar-refractivity contribution in [3.63, 3.8) is 0 Å². The third kappa shape index (κ3) is 1.53. The highest BCUT2D eigenvalue weighted by atomic mass is 16.7. The lowest BCUT2D eigenvalue weighted by atomic mass is 9.49. The fourth-order valence-corrected chi connectivity index (χ4v) is 5.04. The van der Waals surface area contributed by atoms with Gasteiger partial charge in [-0.15, -0.1) is 0 Å². The first kappa shape index (κ1) is 12.0. The normalized spacial score (nSPS) is 43.6. The number of rotatable bonds is 0. The maximum absolute atomic E-state index is 6.12. The molecule has 0 bridgehead atoms. The first-order valence-electron chi connectivity index (χ1n) is 7.28. The Balaban J connectivity index is 1.99. The van der Waals surface area contributed by atoms with Crippen molar-refractivity contribution < 1.29 is 9.47 Å². The van der Waals surface area contributed by atoms with Crippen LogP contribution in [0.1, 0.15) is 59.3 Å². The molecule has 2 saturated carbocycles. The highest BCUT2D eigenvalue weighted by Crippen LogP contribution is 2.63. The van der Waals surface area contributed by atoms with Crippen LogP contribution in [0.25, 0.3) is 0 Å². The molecule has 0 aromatic rings. The lowest BCUT2D eigenvalue weighted by molar-refractivity contribution is -0.290. The van der Waals surface area contributed by atoms with E-state index in [0.717, 1.165) is 25.6 Å². The summed E-state index contributed by atoms with van der Waals surface area (Å²) in [6.45, 7) is 8.92. The number of hydrogen-bond donors (Lipinski definition) is 0. The average molecular weight is 238 g/mol. The van der Waals surface area contributed by atoms with Gasteiger partial charge in [-0.1, -0.05) is 27.2 Å². The minimum Gasteiger partial charge on any atom is -0.347 e. The molecule has 0 aromatic carbocycles. The van der Waals surface area contributed by atoms with E-state index in [2.05, 4.69) is 20.8 Å². The zero-order valence-corrected chi connectivity index (χ0v) is 11.6. The SMILES string of the molecule is CC1(C)CCC[C@]2(C)[C@@H]1CCCC21OCCO1. The molecule has 0 N–H and O–H groups in total. The predicted molar refractivity (Wildman–Crippen MR) is 67.7 cm³/mol. The Bertz CT molecular complexity index is 304. The van der Waals surface area contributed by atoms with Crippen molar-refractivity contribution in [1.82, 2.24) is 0 Å². The van der Waals surface area contributed by atoms with Gasteiger partial charge in [-0.05, 0) is 37.0 Å². The molecule has 17 heavy (non-hydrogen) atoms. The van der Waals surface area contributed by atoms with Crippen LogP contribution in [0, 0.1) is 16.7 Å². The largest absolute Gasteiger partial charge is 0.347 e. The van der Waals surface area contributed by atoms with E-state index >= 15 is 0 Å². The maximum Gasteiger partial charge on any atom is 0.174 e. The minimum atomic E-state index is -0.242. The van der Waals surface area contributed by atoms with E-state index in [0.29, 0.717) is 5.41 Å². The molecular weight excluding hydrogens is 212 g/mol. The van der Waals surface area contributed by atoms with Gasteiger partial charge in [0.25, 0.3) is 0 Å². The predicted octanol–water partition coefficient (Wildman–Crippen LogP) is 3.75. The van der Waals surface area contributed by atoms with Gasteiger partial charge in [0.05, 0.1) is 13.2 Å². The Labute approximate surface area is 105 Å². The van der Waals surface area contributed by atoms with E-state index in [1.807, 2.05) is 0 Å². The second-order valence-electron chi connectivity index (χ2n) is 7.15. The quantitative estimate of drug-likeness (QED) is 0.640. The van der Waals surface area contributed by atoms with Crippen LogP contribution < -0.4 is 0 Å². The highest BCUT2D eigenvalue weighted by Gasteiger charge is 2.62. The van der Waals surface area contributed by atoms with Crippen LogP contribution in [0.4, 0.5) is 0 Å². The lowest BCUT2D eigenvalue weighted by Crippen LogP contribution is -2.59. The van der Waals surface area contributed by atoms with Crippen molar-refractivity contribution in [2.75, 3.05) is 13.2 Å². The smallest absolute Gasteiger partial charge is 0.174 e. The number of hydrogen-bond acceptors (Lipinski definition) is 2. The summed E-state index contributed by atoms with van der Waals surface area (Å²) in [7, 11) is 0. The summed E-state index contributed by atoms with van der Waals surface area (Å²) in [4.78, 5) is 0. The first-order chi connectivity index (χ1) is 8.00. The van der Waals surface area contributed by atoms with Gasteiger partial charge in [0.15, 0.2) is 5.79 Å². The van der Waals surface area contributed by atoms with E-state index < -0.39 is 0 Å². The van der Waals surface area contributed by atoms with Gasteiger partial charge < -0.3 is 9.47 Å². The van der Waals surface area contributed by atoms with Gasteiger partial charge in [-0.3, -0.25) is 0 Å². The third-order valence-electron chi connectivity index (χ3n) is 5.85. The van der Waals surface area contributed by atoms with Gasteiger partial charge in [0, 0.05) is 11.8 Å². The lowest BCUT2D eigenvalue weighted by Gasteiger charge is -2.60. The summed E-state index contributed by atoms with van der Waals surface area (Å²) in [6, 6.07) is 0. The summed E-state index contributed by atoms with van der Waals surface area (Å²) in [5.41, 5.74) is 0.694. The molecule has 3 rings (SSSR count). The summed E-state index contributed by atoms with van der Waals surface area (Å²) in [5.74, 6) is 0.517. The van der Waals surface area contributed by atoms with Gasteiger partial charge in [-0.2, -0.15) is 0 Å². The minimum absolute atomic E-state index is 0.240. The second-order valence-corrected chi connectivity index (χ2v) is 7.15. The standard InChI is InChI=1S/C15H26O2/c1-13(2)7-5-8-14(3)12(13)6-4-9-15(14)16-10-11-17-15/h12H,4-11H2,1-3H3/t12-,14-/m1/s1. The van der Waals surface area contributed by atoms with E-state index in [1.165, 1.54) is 32.1 Å². The number of ether oxygens (including phenoxy) is 2. The monoisotopic (exact) mass is 238 g/mol. The van der Waals surface area contributed by atoms with Crippen molar-refractivity contribution in [2.24, 2.45) is 16.7 Å². The van der Waals surface area contributed by atoms with E-state index in [1.54, 1.807) is 0 Å². The van der Waals surface area contributed by atoms with Crippen molar-refractivity contribution in [3.8, 4) is 0 Å². The van der Waals surface area contributed by atoms with Crippen LogP contribution in [0.3, 0.4) is 0 Å².